The van der Waals surface area contributed by atoms with Gasteiger partial charge in [-0.15, -0.1) is 0 Å². The van der Waals surface area contributed by atoms with Gasteiger partial charge in [-0.2, -0.15) is 0 Å². The highest BCUT2D eigenvalue weighted by Gasteiger charge is 2.11. The minimum Gasteiger partial charge on any atom is -0.508 e. The lowest BCUT2D eigenvalue weighted by atomic mass is 10.1. The van der Waals surface area contributed by atoms with E-state index in [0.717, 1.165) is 10.9 Å². The van der Waals surface area contributed by atoms with Crippen LogP contribution in [0.25, 0.3) is 11.0 Å². The third-order valence-corrected chi connectivity index (χ3v) is 3.83. The van der Waals surface area contributed by atoms with Gasteiger partial charge in [-0.05, 0) is 19.1 Å². The summed E-state index contributed by atoms with van der Waals surface area (Å²) in [6.45, 7) is 2.80. The third-order valence-electron chi connectivity index (χ3n) is 3.83. The molecule has 0 spiro atoms. The summed E-state index contributed by atoms with van der Waals surface area (Å²) in [4.78, 5) is 11.7. The summed E-state index contributed by atoms with van der Waals surface area (Å²) >= 11 is 0. The second-order valence-electron chi connectivity index (χ2n) is 5.41. The van der Waals surface area contributed by atoms with Crippen LogP contribution in [0.3, 0.4) is 0 Å². The first kappa shape index (κ1) is 14.4. The highest BCUT2D eigenvalue weighted by atomic mass is 16.4. The number of rotatable bonds is 4. The summed E-state index contributed by atoms with van der Waals surface area (Å²) < 4.78 is 5.15. The molecule has 22 heavy (non-hydrogen) atoms. The maximum absolute atomic E-state index is 11.7. The summed E-state index contributed by atoms with van der Waals surface area (Å²) in [5, 5.41) is 12.5. The van der Waals surface area contributed by atoms with E-state index < -0.39 is 5.63 Å². The molecule has 0 saturated heterocycles. The number of phenolic OH excluding ortho intramolecular Hbond substituents is 1. The van der Waals surface area contributed by atoms with E-state index in [1.54, 1.807) is 12.1 Å². The third kappa shape index (κ3) is 3.02. The molecule has 1 heterocycles. The lowest BCUT2D eigenvalue weighted by Crippen LogP contribution is -2.83. The fourth-order valence-corrected chi connectivity index (χ4v) is 2.58. The molecule has 0 radical (unpaired) electrons. The SMILES string of the molecule is C[C@H]([NH2+]Cc1cc(=O)oc2cc(O)ccc12)c1ccccc1. The first-order valence-corrected chi connectivity index (χ1v) is 7.27. The van der Waals surface area contributed by atoms with Gasteiger partial charge in [-0.3, -0.25) is 0 Å². The second kappa shape index (κ2) is 6.03. The molecule has 0 aliphatic rings. The molecule has 3 aromatic rings. The fourth-order valence-electron chi connectivity index (χ4n) is 2.58. The largest absolute Gasteiger partial charge is 0.508 e. The minimum atomic E-state index is -0.395. The molecule has 4 nitrogen and oxygen atoms in total. The summed E-state index contributed by atoms with van der Waals surface area (Å²) in [7, 11) is 0. The molecule has 0 unspecified atom stereocenters. The average Bonchev–Trinajstić information content (AvgIpc) is 2.52. The lowest BCUT2D eigenvalue weighted by molar-refractivity contribution is -0.707. The van der Waals surface area contributed by atoms with Crippen LogP contribution < -0.4 is 10.9 Å². The molecule has 3 rings (SSSR count). The van der Waals surface area contributed by atoms with Crippen LogP contribution in [0.5, 0.6) is 5.75 Å². The molecule has 3 N–H and O–H groups in total. The maximum Gasteiger partial charge on any atom is 0.336 e. The Balaban J connectivity index is 1.86. The summed E-state index contributed by atoms with van der Waals surface area (Å²) in [5.41, 5.74) is 2.18. The first-order valence-electron chi connectivity index (χ1n) is 7.27. The van der Waals surface area contributed by atoms with Crippen molar-refractivity contribution >= 4 is 11.0 Å². The topological polar surface area (TPSA) is 67.0 Å². The zero-order chi connectivity index (χ0) is 15.5. The van der Waals surface area contributed by atoms with Crippen LogP contribution in [-0.4, -0.2) is 5.11 Å². The van der Waals surface area contributed by atoms with Gasteiger partial charge < -0.3 is 14.8 Å². The quantitative estimate of drug-likeness (QED) is 0.726. The van der Waals surface area contributed by atoms with Crippen LogP contribution in [-0.2, 0) is 6.54 Å². The summed E-state index contributed by atoms with van der Waals surface area (Å²) in [6.07, 6.45) is 0. The summed E-state index contributed by atoms with van der Waals surface area (Å²) in [6, 6.07) is 16.9. The van der Waals surface area contributed by atoms with E-state index in [4.69, 9.17) is 4.42 Å². The van der Waals surface area contributed by atoms with Crippen molar-refractivity contribution in [3.8, 4) is 5.75 Å². The van der Waals surface area contributed by atoms with Crippen LogP contribution in [0.15, 0.2) is 63.8 Å². The predicted octanol–water partition coefficient (Wildman–Crippen LogP) is 2.32. The van der Waals surface area contributed by atoms with E-state index in [-0.39, 0.29) is 5.75 Å². The molecule has 4 heteroatoms. The molecule has 2 aromatic carbocycles. The van der Waals surface area contributed by atoms with E-state index in [2.05, 4.69) is 24.4 Å². The molecule has 1 aromatic heterocycles. The Bertz CT molecular complexity index is 840. The molecule has 112 valence electrons. The Labute approximate surface area is 128 Å². The molecule has 0 aliphatic carbocycles. The second-order valence-corrected chi connectivity index (χ2v) is 5.41. The number of nitrogens with two attached hydrogens (primary N) is 1. The van der Waals surface area contributed by atoms with Crippen molar-refractivity contribution in [1.29, 1.82) is 0 Å². The maximum atomic E-state index is 11.7. The number of benzene rings is 2. The fraction of sp³-hybridized carbons (Fsp3) is 0.167. The zero-order valence-corrected chi connectivity index (χ0v) is 12.3. The number of phenols is 1. The van der Waals surface area contributed by atoms with Gasteiger partial charge in [0.05, 0.1) is 0 Å². The average molecular weight is 296 g/mol. The number of quaternary nitrogens is 1. The van der Waals surface area contributed by atoms with Gasteiger partial charge in [0, 0.05) is 28.6 Å². The standard InChI is InChI=1S/C18H17NO3/c1-12(13-5-3-2-4-6-13)19-11-14-9-18(21)22-17-10-15(20)7-8-16(14)17/h2-10,12,19-20H,11H2,1H3/p+1/t12-/m0/s1. The van der Waals surface area contributed by atoms with E-state index >= 15 is 0 Å². The molecule has 0 bridgehead atoms. The number of fused-ring (bicyclic) bond motifs is 1. The minimum absolute atomic E-state index is 0.0921. The van der Waals surface area contributed by atoms with E-state index in [1.165, 1.54) is 17.7 Å². The zero-order valence-electron chi connectivity index (χ0n) is 12.3. The van der Waals surface area contributed by atoms with Gasteiger partial charge in [0.1, 0.15) is 23.9 Å². The molecule has 0 aliphatic heterocycles. The highest BCUT2D eigenvalue weighted by molar-refractivity contribution is 5.81. The molecule has 1 atom stereocenters. The number of aromatic hydroxyl groups is 1. The van der Waals surface area contributed by atoms with E-state index in [9.17, 15) is 9.90 Å². The lowest BCUT2D eigenvalue weighted by Gasteiger charge is -2.12. The Kier molecular flexibility index (Phi) is 3.94. The van der Waals surface area contributed by atoms with Crippen LogP contribution in [0.4, 0.5) is 0 Å². The number of hydrogen-bond acceptors (Lipinski definition) is 3. The van der Waals surface area contributed by atoms with Gasteiger partial charge in [0.15, 0.2) is 0 Å². The van der Waals surface area contributed by atoms with Gasteiger partial charge in [-0.25, -0.2) is 4.79 Å². The van der Waals surface area contributed by atoms with Crippen molar-refractivity contribution in [3.05, 3.63) is 76.1 Å². The molecule has 0 amide bonds. The van der Waals surface area contributed by atoms with Crippen LogP contribution in [0, 0.1) is 0 Å². The molecular weight excluding hydrogens is 278 g/mol. The van der Waals surface area contributed by atoms with Gasteiger partial charge >= 0.3 is 5.63 Å². The van der Waals surface area contributed by atoms with Crippen molar-refractivity contribution in [2.45, 2.75) is 19.5 Å². The monoisotopic (exact) mass is 296 g/mol. The normalized spacial score (nSPS) is 12.4. The number of hydrogen-bond donors (Lipinski definition) is 2. The summed E-state index contributed by atoms with van der Waals surface area (Å²) in [5.74, 6) is 0.0921. The first-order chi connectivity index (χ1) is 10.6. The van der Waals surface area contributed by atoms with E-state index in [0.29, 0.717) is 18.2 Å². The van der Waals surface area contributed by atoms with Gasteiger partial charge in [-0.1, -0.05) is 30.3 Å². The molecular formula is C18H18NO3+. The van der Waals surface area contributed by atoms with Crippen molar-refractivity contribution in [1.82, 2.24) is 0 Å². The van der Waals surface area contributed by atoms with Crippen LogP contribution in [0.2, 0.25) is 0 Å². The van der Waals surface area contributed by atoms with Crippen molar-refractivity contribution in [2.24, 2.45) is 0 Å². The Morgan fingerprint density at radius 2 is 1.91 bits per heavy atom. The highest BCUT2D eigenvalue weighted by Crippen LogP contribution is 2.21. The van der Waals surface area contributed by atoms with Crippen molar-refractivity contribution in [2.75, 3.05) is 0 Å². The van der Waals surface area contributed by atoms with Crippen molar-refractivity contribution < 1.29 is 14.8 Å². The Hall–Kier alpha value is -2.59. The Morgan fingerprint density at radius 1 is 1.14 bits per heavy atom. The van der Waals surface area contributed by atoms with Gasteiger partial charge in [0.2, 0.25) is 0 Å². The van der Waals surface area contributed by atoms with Crippen molar-refractivity contribution in [3.63, 3.8) is 0 Å². The van der Waals surface area contributed by atoms with Gasteiger partial charge in [0.25, 0.3) is 0 Å². The smallest absolute Gasteiger partial charge is 0.336 e. The molecule has 0 saturated carbocycles. The van der Waals surface area contributed by atoms with Crippen LogP contribution >= 0.6 is 0 Å². The Morgan fingerprint density at radius 3 is 2.68 bits per heavy atom. The molecule has 0 fully saturated rings. The van der Waals surface area contributed by atoms with Crippen LogP contribution in [0.1, 0.15) is 24.1 Å². The predicted molar refractivity (Wildman–Crippen MR) is 84.6 cm³/mol. The van der Waals surface area contributed by atoms with E-state index in [1.807, 2.05) is 18.2 Å².